The van der Waals surface area contributed by atoms with Crippen LogP contribution in [0.25, 0.3) is 0 Å². The lowest BCUT2D eigenvalue weighted by atomic mass is 10.2. The molecule has 2 fully saturated rings. The molecule has 3 amide bonds. The number of hydrogen-bond acceptors (Lipinski definition) is 5. The maximum absolute atomic E-state index is 12.8. The lowest BCUT2D eigenvalue weighted by Gasteiger charge is -2.21. The summed E-state index contributed by atoms with van der Waals surface area (Å²) in [6.45, 7) is 0. The number of imide groups is 1. The Labute approximate surface area is 138 Å². The molecule has 2 atom stereocenters. The molecule has 0 aliphatic carbocycles. The molecule has 0 bridgehead atoms. The third-order valence-corrected chi connectivity index (χ3v) is 5.00. The van der Waals surface area contributed by atoms with Gasteiger partial charge in [-0.3, -0.25) is 9.69 Å². The van der Waals surface area contributed by atoms with Gasteiger partial charge < -0.3 is 4.74 Å². The van der Waals surface area contributed by atoms with E-state index < -0.39 is 41.1 Å². The van der Waals surface area contributed by atoms with Gasteiger partial charge in [0, 0.05) is 5.75 Å². The third-order valence-electron chi connectivity index (χ3n) is 3.75. The summed E-state index contributed by atoms with van der Waals surface area (Å²) >= 11 is 1.08. The number of fused-ring (bicyclic) bond motifs is 1. The zero-order chi connectivity index (χ0) is 17.6. The molecule has 2 aliphatic heterocycles. The molecular weight excluding hydrogens is 349 g/mol. The fraction of sp³-hybridized carbons (Fsp3) is 0.357. The van der Waals surface area contributed by atoms with Crippen LogP contribution < -0.4 is 4.90 Å². The molecule has 1 aromatic rings. The van der Waals surface area contributed by atoms with Crippen LogP contribution in [0.5, 0.6) is 0 Å². The monoisotopic (exact) mass is 360 g/mol. The number of nitrogens with zero attached hydrogens (tertiary/aromatic N) is 2. The van der Waals surface area contributed by atoms with Gasteiger partial charge in [-0.2, -0.15) is 13.2 Å². The van der Waals surface area contributed by atoms with Crippen LogP contribution in [-0.2, 0) is 20.5 Å². The molecule has 24 heavy (non-hydrogen) atoms. The van der Waals surface area contributed by atoms with Crippen molar-refractivity contribution in [3.8, 4) is 0 Å². The molecule has 3 rings (SSSR count). The number of halogens is 3. The summed E-state index contributed by atoms with van der Waals surface area (Å²) in [5, 5.41) is -0.979. The SMILES string of the molecule is COC(=O)[C@@H]1SC[C@@H]2C(=O)N(c3cccc(C(F)(F)F)c3)C(=O)N21. The maximum atomic E-state index is 12.8. The first-order chi connectivity index (χ1) is 11.3. The molecule has 2 saturated heterocycles. The molecule has 0 radical (unpaired) electrons. The smallest absolute Gasteiger partial charge is 0.416 e. The van der Waals surface area contributed by atoms with Gasteiger partial charge in [-0.25, -0.2) is 14.5 Å². The quantitative estimate of drug-likeness (QED) is 0.597. The van der Waals surface area contributed by atoms with E-state index in [0.717, 1.165) is 42.0 Å². The lowest BCUT2D eigenvalue weighted by Crippen LogP contribution is -2.41. The number of benzene rings is 1. The Morgan fingerprint density at radius 3 is 2.67 bits per heavy atom. The average Bonchev–Trinajstić information content (AvgIpc) is 3.07. The van der Waals surface area contributed by atoms with Crippen molar-refractivity contribution in [1.29, 1.82) is 0 Å². The summed E-state index contributed by atoms with van der Waals surface area (Å²) in [6.07, 6.45) is -4.59. The highest BCUT2D eigenvalue weighted by atomic mass is 32.2. The Bertz CT molecular complexity index is 724. The second-order valence-electron chi connectivity index (χ2n) is 5.14. The van der Waals surface area contributed by atoms with Crippen molar-refractivity contribution < 1.29 is 32.3 Å². The third kappa shape index (κ3) is 2.50. The lowest BCUT2D eigenvalue weighted by molar-refractivity contribution is -0.142. The van der Waals surface area contributed by atoms with Crippen LogP contribution in [0, 0.1) is 0 Å². The largest absolute Gasteiger partial charge is 0.467 e. The van der Waals surface area contributed by atoms with Gasteiger partial charge in [0.05, 0.1) is 18.4 Å². The first-order valence-electron chi connectivity index (χ1n) is 6.78. The molecular formula is C14H11F3N2O4S. The molecule has 0 N–H and O–H groups in total. The van der Waals surface area contributed by atoms with Gasteiger partial charge in [0.2, 0.25) is 0 Å². The topological polar surface area (TPSA) is 66.9 Å². The average molecular weight is 360 g/mol. The van der Waals surface area contributed by atoms with Crippen molar-refractivity contribution in [3.05, 3.63) is 29.8 Å². The standard InChI is InChI=1S/C14H11F3N2O4S/c1-23-12(21)11-19-9(6-24-11)10(20)18(13(19)22)8-4-2-3-7(5-8)14(15,16)17/h2-5,9,11H,6H2,1H3/t9-,11+/m1/s1. The van der Waals surface area contributed by atoms with E-state index >= 15 is 0 Å². The number of carbonyl (C=O) groups is 3. The van der Waals surface area contributed by atoms with Crippen LogP contribution in [0.15, 0.2) is 24.3 Å². The molecule has 2 heterocycles. The number of thioether (sulfide) groups is 1. The van der Waals surface area contributed by atoms with E-state index in [4.69, 9.17) is 0 Å². The van der Waals surface area contributed by atoms with Gasteiger partial charge in [0.15, 0.2) is 5.37 Å². The normalized spacial score (nSPS) is 23.7. The highest BCUT2D eigenvalue weighted by molar-refractivity contribution is 8.00. The number of amides is 3. The van der Waals surface area contributed by atoms with E-state index in [0.29, 0.717) is 4.90 Å². The summed E-state index contributed by atoms with van der Waals surface area (Å²) in [5.41, 5.74) is -1.14. The Morgan fingerprint density at radius 1 is 1.33 bits per heavy atom. The zero-order valence-corrected chi connectivity index (χ0v) is 13.1. The molecule has 6 nitrogen and oxygen atoms in total. The molecule has 2 aliphatic rings. The highest BCUT2D eigenvalue weighted by Crippen LogP contribution is 2.39. The number of rotatable bonds is 2. The number of alkyl halides is 3. The molecule has 0 aromatic heterocycles. The summed E-state index contributed by atoms with van der Waals surface area (Å²) in [7, 11) is 1.16. The van der Waals surface area contributed by atoms with Gasteiger partial charge in [-0.15, -0.1) is 11.8 Å². The molecule has 1 aromatic carbocycles. The van der Waals surface area contributed by atoms with Crippen molar-refractivity contribution in [2.45, 2.75) is 17.6 Å². The number of carbonyl (C=O) groups excluding carboxylic acids is 3. The van der Waals surface area contributed by atoms with Crippen molar-refractivity contribution >= 4 is 35.4 Å². The van der Waals surface area contributed by atoms with E-state index in [1.54, 1.807) is 0 Å². The second-order valence-corrected chi connectivity index (χ2v) is 6.25. The second kappa shape index (κ2) is 5.69. The van der Waals surface area contributed by atoms with E-state index in [1.165, 1.54) is 6.07 Å². The van der Waals surface area contributed by atoms with Crippen LogP contribution in [0.1, 0.15) is 5.56 Å². The highest BCUT2D eigenvalue weighted by Gasteiger charge is 2.55. The Hall–Kier alpha value is -2.23. The van der Waals surface area contributed by atoms with Crippen molar-refractivity contribution in [3.63, 3.8) is 0 Å². The van der Waals surface area contributed by atoms with Crippen LogP contribution in [0.2, 0.25) is 0 Å². The van der Waals surface area contributed by atoms with E-state index in [2.05, 4.69) is 4.74 Å². The summed E-state index contributed by atoms with van der Waals surface area (Å²) in [6, 6.07) is 2.23. The molecule has 0 unspecified atom stereocenters. The maximum Gasteiger partial charge on any atom is 0.416 e. The Balaban J connectivity index is 1.95. The molecule has 0 saturated carbocycles. The predicted octanol–water partition coefficient (Wildman–Crippen LogP) is 2.09. The fourth-order valence-electron chi connectivity index (χ4n) is 2.63. The van der Waals surface area contributed by atoms with Gasteiger partial charge in [0.1, 0.15) is 6.04 Å². The minimum Gasteiger partial charge on any atom is -0.467 e. The van der Waals surface area contributed by atoms with Crippen LogP contribution in [-0.4, -0.2) is 47.1 Å². The number of anilines is 1. The number of ether oxygens (including phenoxy) is 1. The number of methoxy groups -OCH3 is 1. The first-order valence-corrected chi connectivity index (χ1v) is 7.83. The number of esters is 1. The van der Waals surface area contributed by atoms with Gasteiger partial charge in [-0.1, -0.05) is 6.07 Å². The molecule has 128 valence electrons. The van der Waals surface area contributed by atoms with E-state index in [-0.39, 0.29) is 11.4 Å². The van der Waals surface area contributed by atoms with Gasteiger partial charge >= 0.3 is 18.2 Å². The Morgan fingerprint density at radius 2 is 2.04 bits per heavy atom. The van der Waals surface area contributed by atoms with Crippen LogP contribution in [0.4, 0.5) is 23.7 Å². The van der Waals surface area contributed by atoms with Crippen molar-refractivity contribution in [2.75, 3.05) is 17.8 Å². The Kier molecular flexibility index (Phi) is 3.94. The number of urea groups is 1. The fourth-order valence-corrected chi connectivity index (χ4v) is 3.93. The minimum atomic E-state index is -4.59. The van der Waals surface area contributed by atoms with Gasteiger partial charge in [0.25, 0.3) is 5.91 Å². The minimum absolute atomic E-state index is 0.178. The zero-order valence-electron chi connectivity index (χ0n) is 12.2. The van der Waals surface area contributed by atoms with Crippen molar-refractivity contribution in [1.82, 2.24) is 4.90 Å². The van der Waals surface area contributed by atoms with E-state index in [1.807, 2.05) is 0 Å². The summed E-state index contributed by atoms with van der Waals surface area (Å²) in [5.74, 6) is -1.16. The van der Waals surface area contributed by atoms with Crippen LogP contribution >= 0.6 is 11.8 Å². The van der Waals surface area contributed by atoms with Crippen molar-refractivity contribution in [2.24, 2.45) is 0 Å². The number of hydrogen-bond donors (Lipinski definition) is 0. The van der Waals surface area contributed by atoms with Gasteiger partial charge in [-0.05, 0) is 18.2 Å². The molecule has 10 heteroatoms. The summed E-state index contributed by atoms with van der Waals surface area (Å²) < 4.78 is 43.1. The first kappa shape index (κ1) is 16.6. The summed E-state index contributed by atoms with van der Waals surface area (Å²) in [4.78, 5) is 38.4. The van der Waals surface area contributed by atoms with E-state index in [9.17, 15) is 27.6 Å². The molecule has 0 spiro atoms. The predicted molar refractivity (Wildman–Crippen MR) is 78.2 cm³/mol. The van der Waals surface area contributed by atoms with Crippen LogP contribution in [0.3, 0.4) is 0 Å².